The molecule has 0 spiro atoms. The highest BCUT2D eigenvalue weighted by molar-refractivity contribution is 5.75. The lowest BCUT2D eigenvalue weighted by Gasteiger charge is -2.21. The number of rotatable bonds is 10. The summed E-state index contributed by atoms with van der Waals surface area (Å²) in [6, 6.07) is 0. The van der Waals surface area contributed by atoms with E-state index >= 15 is 0 Å². The molecule has 1 saturated carbocycles. The van der Waals surface area contributed by atoms with Gasteiger partial charge in [-0.15, -0.1) is 0 Å². The lowest BCUT2D eigenvalue weighted by Crippen LogP contribution is -2.27. The lowest BCUT2D eigenvalue weighted by molar-refractivity contribution is -0.121. The first-order chi connectivity index (χ1) is 9.76. The monoisotopic (exact) mass is 282 g/mol. The molecule has 20 heavy (non-hydrogen) atoms. The fraction of sp³-hybridized carbons (Fsp3) is 0.941. The van der Waals surface area contributed by atoms with E-state index in [0.29, 0.717) is 0 Å². The van der Waals surface area contributed by atoms with Gasteiger partial charge in [-0.25, -0.2) is 0 Å². The highest BCUT2D eigenvalue weighted by Gasteiger charge is 2.14. The largest absolute Gasteiger partial charge is 0.356 e. The Kier molecular flexibility index (Phi) is 9.73. The van der Waals surface area contributed by atoms with Crippen molar-refractivity contribution in [3.63, 3.8) is 0 Å². The number of amides is 1. The highest BCUT2D eigenvalue weighted by Crippen LogP contribution is 2.27. The van der Waals surface area contributed by atoms with Crippen LogP contribution in [0.1, 0.15) is 71.6 Å². The SMILES string of the molecule is CCN(CC)CCCCNC(=O)CCC1CCCCC1. The summed E-state index contributed by atoms with van der Waals surface area (Å²) in [5, 5.41) is 3.07. The fourth-order valence-corrected chi connectivity index (χ4v) is 3.13. The van der Waals surface area contributed by atoms with E-state index in [-0.39, 0.29) is 5.91 Å². The number of carbonyl (C=O) groups is 1. The van der Waals surface area contributed by atoms with Crippen molar-refractivity contribution in [1.82, 2.24) is 10.2 Å². The van der Waals surface area contributed by atoms with Crippen molar-refractivity contribution in [3.8, 4) is 0 Å². The van der Waals surface area contributed by atoms with Crippen LogP contribution in [0, 0.1) is 5.92 Å². The molecule has 0 bridgehead atoms. The average Bonchev–Trinajstić information content (AvgIpc) is 2.50. The van der Waals surface area contributed by atoms with Crippen LogP contribution < -0.4 is 5.32 Å². The maximum absolute atomic E-state index is 11.8. The van der Waals surface area contributed by atoms with Crippen LogP contribution >= 0.6 is 0 Å². The molecule has 0 unspecified atom stereocenters. The van der Waals surface area contributed by atoms with Crippen LogP contribution in [-0.4, -0.2) is 37.0 Å². The van der Waals surface area contributed by atoms with Crippen LogP contribution in [0.5, 0.6) is 0 Å². The molecular formula is C17H34N2O. The molecule has 0 aromatic rings. The Labute approximate surface area is 125 Å². The summed E-state index contributed by atoms with van der Waals surface area (Å²) in [5.74, 6) is 1.08. The smallest absolute Gasteiger partial charge is 0.220 e. The Bertz CT molecular complexity index is 245. The van der Waals surface area contributed by atoms with Crippen molar-refractivity contribution in [2.45, 2.75) is 71.6 Å². The molecule has 0 saturated heterocycles. The second-order valence-corrected chi connectivity index (χ2v) is 6.13. The average molecular weight is 282 g/mol. The van der Waals surface area contributed by atoms with Gasteiger partial charge >= 0.3 is 0 Å². The Hall–Kier alpha value is -0.570. The van der Waals surface area contributed by atoms with Crippen LogP contribution in [0.25, 0.3) is 0 Å². The predicted octanol–water partition coefficient (Wildman–Crippen LogP) is 3.59. The number of unbranched alkanes of at least 4 members (excludes halogenated alkanes) is 1. The second kappa shape index (κ2) is 11.1. The van der Waals surface area contributed by atoms with Gasteiger partial charge < -0.3 is 10.2 Å². The third kappa shape index (κ3) is 7.88. The van der Waals surface area contributed by atoms with Gasteiger partial charge in [-0.05, 0) is 44.8 Å². The first-order valence-corrected chi connectivity index (χ1v) is 8.75. The molecule has 3 nitrogen and oxygen atoms in total. The summed E-state index contributed by atoms with van der Waals surface area (Å²) in [7, 11) is 0. The van der Waals surface area contributed by atoms with Crippen LogP contribution in [0.15, 0.2) is 0 Å². The number of hydrogen-bond acceptors (Lipinski definition) is 2. The number of nitrogens with one attached hydrogen (secondary N) is 1. The van der Waals surface area contributed by atoms with E-state index in [4.69, 9.17) is 0 Å². The number of nitrogens with zero attached hydrogens (tertiary/aromatic N) is 1. The van der Waals surface area contributed by atoms with Crippen LogP contribution in [-0.2, 0) is 4.79 Å². The van der Waals surface area contributed by atoms with Gasteiger partial charge in [0, 0.05) is 13.0 Å². The van der Waals surface area contributed by atoms with Crippen LogP contribution in [0.4, 0.5) is 0 Å². The van der Waals surface area contributed by atoms with Gasteiger partial charge in [0.05, 0.1) is 0 Å². The van der Waals surface area contributed by atoms with Gasteiger partial charge in [-0.3, -0.25) is 4.79 Å². The zero-order valence-corrected chi connectivity index (χ0v) is 13.6. The minimum Gasteiger partial charge on any atom is -0.356 e. The Morgan fingerprint density at radius 1 is 1.10 bits per heavy atom. The maximum Gasteiger partial charge on any atom is 0.220 e. The van der Waals surface area contributed by atoms with E-state index in [0.717, 1.165) is 51.4 Å². The van der Waals surface area contributed by atoms with Gasteiger partial charge in [0.1, 0.15) is 0 Å². The zero-order chi connectivity index (χ0) is 14.6. The van der Waals surface area contributed by atoms with E-state index in [9.17, 15) is 4.79 Å². The topological polar surface area (TPSA) is 32.3 Å². The molecule has 0 heterocycles. The molecule has 1 N–H and O–H groups in total. The van der Waals surface area contributed by atoms with Crippen LogP contribution in [0.2, 0.25) is 0 Å². The number of carbonyl (C=O) groups excluding carboxylic acids is 1. The molecule has 3 heteroatoms. The standard InChI is InChI=1S/C17H34N2O/c1-3-19(4-2)15-9-8-14-18-17(20)13-12-16-10-6-5-7-11-16/h16H,3-15H2,1-2H3,(H,18,20). The molecule has 0 atom stereocenters. The van der Waals surface area contributed by atoms with Crippen molar-refractivity contribution in [3.05, 3.63) is 0 Å². The minimum atomic E-state index is 0.262. The van der Waals surface area contributed by atoms with Gasteiger partial charge in [-0.1, -0.05) is 46.0 Å². The highest BCUT2D eigenvalue weighted by atomic mass is 16.1. The van der Waals surface area contributed by atoms with E-state index in [2.05, 4.69) is 24.1 Å². The van der Waals surface area contributed by atoms with Gasteiger partial charge in [0.15, 0.2) is 0 Å². The quantitative estimate of drug-likeness (QED) is 0.621. The Morgan fingerprint density at radius 2 is 1.80 bits per heavy atom. The molecular weight excluding hydrogens is 248 g/mol. The summed E-state index contributed by atoms with van der Waals surface area (Å²) in [6.45, 7) is 8.68. The normalized spacial score (nSPS) is 16.6. The van der Waals surface area contributed by atoms with Gasteiger partial charge in [0.2, 0.25) is 5.91 Å². The van der Waals surface area contributed by atoms with E-state index < -0.39 is 0 Å². The molecule has 0 radical (unpaired) electrons. The van der Waals surface area contributed by atoms with Gasteiger partial charge in [-0.2, -0.15) is 0 Å². The molecule has 1 aliphatic carbocycles. The summed E-state index contributed by atoms with van der Waals surface area (Å²) in [6.07, 6.45) is 11.0. The van der Waals surface area contributed by atoms with Crippen molar-refractivity contribution < 1.29 is 4.79 Å². The fourth-order valence-electron chi connectivity index (χ4n) is 3.13. The van der Waals surface area contributed by atoms with Crippen molar-refractivity contribution in [2.75, 3.05) is 26.2 Å². The van der Waals surface area contributed by atoms with Crippen molar-refractivity contribution in [1.29, 1.82) is 0 Å². The lowest BCUT2D eigenvalue weighted by atomic mass is 9.86. The first kappa shape index (κ1) is 17.5. The summed E-state index contributed by atoms with van der Waals surface area (Å²) >= 11 is 0. The minimum absolute atomic E-state index is 0.262. The number of hydrogen-bond donors (Lipinski definition) is 1. The molecule has 1 amide bonds. The molecule has 0 aliphatic heterocycles. The third-order valence-electron chi connectivity index (χ3n) is 4.62. The molecule has 1 rings (SSSR count). The summed E-state index contributed by atoms with van der Waals surface area (Å²) in [5.41, 5.74) is 0. The van der Waals surface area contributed by atoms with Crippen LogP contribution in [0.3, 0.4) is 0 Å². The first-order valence-electron chi connectivity index (χ1n) is 8.75. The third-order valence-corrected chi connectivity index (χ3v) is 4.62. The predicted molar refractivity (Wildman–Crippen MR) is 85.8 cm³/mol. The maximum atomic E-state index is 11.8. The van der Waals surface area contributed by atoms with E-state index in [1.165, 1.54) is 38.5 Å². The van der Waals surface area contributed by atoms with Gasteiger partial charge in [0.25, 0.3) is 0 Å². The second-order valence-electron chi connectivity index (χ2n) is 6.13. The molecule has 118 valence electrons. The van der Waals surface area contributed by atoms with E-state index in [1.54, 1.807) is 0 Å². The van der Waals surface area contributed by atoms with Crippen molar-refractivity contribution in [2.24, 2.45) is 5.92 Å². The summed E-state index contributed by atoms with van der Waals surface area (Å²) < 4.78 is 0. The van der Waals surface area contributed by atoms with E-state index in [1.807, 2.05) is 0 Å². The zero-order valence-electron chi connectivity index (χ0n) is 13.6. The molecule has 1 fully saturated rings. The molecule has 0 aromatic heterocycles. The Balaban J connectivity index is 1.94. The molecule has 1 aliphatic rings. The Morgan fingerprint density at radius 3 is 2.45 bits per heavy atom. The molecule has 0 aromatic carbocycles. The summed E-state index contributed by atoms with van der Waals surface area (Å²) in [4.78, 5) is 14.2. The van der Waals surface area contributed by atoms with Crippen molar-refractivity contribution >= 4 is 5.91 Å².